The van der Waals surface area contributed by atoms with Gasteiger partial charge in [-0.15, -0.1) is 0 Å². The van der Waals surface area contributed by atoms with E-state index in [1.54, 1.807) is 12.1 Å². The molecule has 0 aliphatic carbocycles. The number of phenolic OH excluding ortho intramolecular Hbond substituents is 2. The Morgan fingerprint density at radius 2 is 1.69 bits per heavy atom. The van der Waals surface area contributed by atoms with Gasteiger partial charge in [-0.25, -0.2) is 0 Å². The Morgan fingerprint density at radius 3 is 2.41 bits per heavy atom. The van der Waals surface area contributed by atoms with E-state index in [2.05, 4.69) is 26.0 Å². The first-order valence-electron chi connectivity index (χ1n) is 10.1. The molecule has 2 atom stereocenters. The Kier molecular flexibility index (Phi) is 5.03. The van der Waals surface area contributed by atoms with Crippen LogP contribution in [0.15, 0.2) is 47.6 Å². The molecule has 2 aliphatic rings. The fourth-order valence-corrected chi connectivity index (χ4v) is 4.05. The summed E-state index contributed by atoms with van der Waals surface area (Å²) < 4.78 is 12.4. The minimum atomic E-state index is -0.169. The summed E-state index contributed by atoms with van der Waals surface area (Å²) >= 11 is 0. The summed E-state index contributed by atoms with van der Waals surface area (Å²) in [5.41, 5.74) is 6.15. The number of hydrogen-bond acceptors (Lipinski definition) is 4. The standard InChI is InChI=1S/C25H28O4/c1-14(2)5-7-16-11-19-20-13-28-24-17(8-6-15(3)4)21(26)10-9-18(24)25(20)29-23(19)12-22(16)27/h5-6,9-12,20,25-27H,7-8,13H2,1-4H3/t20-,25-/m0/s1. The molecular weight excluding hydrogens is 364 g/mol. The van der Waals surface area contributed by atoms with E-state index in [0.29, 0.717) is 25.2 Å². The van der Waals surface area contributed by atoms with Gasteiger partial charge in [0.2, 0.25) is 0 Å². The highest BCUT2D eigenvalue weighted by molar-refractivity contribution is 5.58. The van der Waals surface area contributed by atoms with Crippen molar-refractivity contribution in [1.29, 1.82) is 0 Å². The van der Waals surface area contributed by atoms with Gasteiger partial charge in [-0.3, -0.25) is 0 Å². The van der Waals surface area contributed by atoms with Crippen LogP contribution in [0.3, 0.4) is 0 Å². The molecule has 4 nitrogen and oxygen atoms in total. The average Bonchev–Trinajstić information content (AvgIpc) is 3.02. The van der Waals surface area contributed by atoms with Crippen molar-refractivity contribution in [2.45, 2.75) is 52.6 Å². The van der Waals surface area contributed by atoms with E-state index in [1.807, 2.05) is 26.0 Å². The van der Waals surface area contributed by atoms with Crippen LogP contribution >= 0.6 is 0 Å². The molecule has 0 radical (unpaired) electrons. The summed E-state index contributed by atoms with van der Waals surface area (Å²) in [6, 6.07) is 7.39. The fraction of sp³-hybridized carbons (Fsp3) is 0.360. The van der Waals surface area contributed by atoms with E-state index in [1.165, 1.54) is 11.1 Å². The molecule has 4 rings (SSSR count). The molecule has 2 heterocycles. The van der Waals surface area contributed by atoms with E-state index in [-0.39, 0.29) is 23.5 Å². The fourth-order valence-electron chi connectivity index (χ4n) is 4.05. The maximum atomic E-state index is 10.4. The molecule has 4 heteroatoms. The van der Waals surface area contributed by atoms with Crippen molar-refractivity contribution in [3.63, 3.8) is 0 Å². The molecule has 152 valence electrons. The molecule has 0 saturated carbocycles. The van der Waals surface area contributed by atoms with Crippen molar-refractivity contribution in [2.75, 3.05) is 6.61 Å². The molecule has 29 heavy (non-hydrogen) atoms. The molecule has 0 bridgehead atoms. The van der Waals surface area contributed by atoms with Crippen LogP contribution in [0.25, 0.3) is 0 Å². The molecule has 2 N–H and O–H groups in total. The summed E-state index contributed by atoms with van der Waals surface area (Å²) in [5, 5.41) is 20.8. The summed E-state index contributed by atoms with van der Waals surface area (Å²) in [4.78, 5) is 0. The summed E-state index contributed by atoms with van der Waals surface area (Å²) in [5.74, 6) is 2.02. The van der Waals surface area contributed by atoms with E-state index in [9.17, 15) is 10.2 Å². The number of allylic oxidation sites excluding steroid dienone is 4. The van der Waals surface area contributed by atoms with Gasteiger partial charge in [-0.05, 0) is 64.3 Å². The van der Waals surface area contributed by atoms with Crippen molar-refractivity contribution in [1.82, 2.24) is 0 Å². The van der Waals surface area contributed by atoms with Crippen LogP contribution in [-0.2, 0) is 12.8 Å². The normalized spacial score (nSPS) is 18.6. The number of rotatable bonds is 4. The first-order chi connectivity index (χ1) is 13.8. The highest BCUT2D eigenvalue weighted by Crippen LogP contribution is 2.53. The molecule has 0 aromatic heterocycles. The van der Waals surface area contributed by atoms with Crippen molar-refractivity contribution < 1.29 is 19.7 Å². The van der Waals surface area contributed by atoms with Crippen molar-refractivity contribution in [2.24, 2.45) is 0 Å². The topological polar surface area (TPSA) is 58.9 Å². The van der Waals surface area contributed by atoms with Gasteiger partial charge in [-0.1, -0.05) is 23.3 Å². The lowest BCUT2D eigenvalue weighted by molar-refractivity contribution is 0.138. The first-order valence-corrected chi connectivity index (χ1v) is 10.1. The summed E-state index contributed by atoms with van der Waals surface area (Å²) in [7, 11) is 0. The Hall–Kier alpha value is -2.88. The average molecular weight is 392 g/mol. The number of aromatic hydroxyl groups is 2. The zero-order valence-electron chi connectivity index (χ0n) is 17.5. The van der Waals surface area contributed by atoms with E-state index >= 15 is 0 Å². The highest BCUT2D eigenvalue weighted by Gasteiger charge is 2.42. The highest BCUT2D eigenvalue weighted by atomic mass is 16.5. The molecule has 2 aromatic rings. The summed E-state index contributed by atoms with van der Waals surface area (Å²) in [6.07, 6.45) is 5.34. The van der Waals surface area contributed by atoms with Crippen LogP contribution in [0.4, 0.5) is 0 Å². The maximum Gasteiger partial charge on any atom is 0.138 e. The lowest BCUT2D eigenvalue weighted by Gasteiger charge is -2.29. The molecule has 0 fully saturated rings. The number of phenols is 2. The lowest BCUT2D eigenvalue weighted by atomic mass is 9.86. The zero-order valence-corrected chi connectivity index (χ0v) is 17.5. The van der Waals surface area contributed by atoms with Gasteiger partial charge in [0.05, 0.1) is 12.5 Å². The predicted octanol–water partition coefficient (Wildman–Crippen LogP) is 5.72. The minimum absolute atomic E-state index is 0.0735. The second-order valence-corrected chi connectivity index (χ2v) is 8.43. The number of ether oxygens (including phenoxy) is 2. The smallest absolute Gasteiger partial charge is 0.138 e. The van der Waals surface area contributed by atoms with Crippen LogP contribution < -0.4 is 9.47 Å². The second-order valence-electron chi connectivity index (χ2n) is 8.43. The van der Waals surface area contributed by atoms with Crippen LogP contribution in [-0.4, -0.2) is 16.8 Å². The molecule has 0 unspecified atom stereocenters. The number of benzene rings is 2. The van der Waals surface area contributed by atoms with Crippen molar-refractivity contribution >= 4 is 0 Å². The third-order valence-corrected chi connectivity index (χ3v) is 5.65. The zero-order chi connectivity index (χ0) is 20.7. The Labute approximate surface area is 172 Å². The molecule has 0 saturated heterocycles. The molecular formula is C25H28O4. The third kappa shape index (κ3) is 3.59. The van der Waals surface area contributed by atoms with Crippen LogP contribution in [0, 0.1) is 0 Å². The minimum Gasteiger partial charge on any atom is -0.508 e. The quantitative estimate of drug-likeness (QED) is 0.653. The Bertz CT molecular complexity index is 1010. The van der Waals surface area contributed by atoms with E-state index in [0.717, 1.165) is 28.0 Å². The van der Waals surface area contributed by atoms with E-state index in [4.69, 9.17) is 9.47 Å². The largest absolute Gasteiger partial charge is 0.508 e. The molecule has 2 aromatic carbocycles. The molecule has 2 aliphatic heterocycles. The Balaban J connectivity index is 1.70. The predicted molar refractivity (Wildman–Crippen MR) is 114 cm³/mol. The van der Waals surface area contributed by atoms with Gasteiger partial charge in [0.15, 0.2) is 0 Å². The van der Waals surface area contributed by atoms with Gasteiger partial charge < -0.3 is 19.7 Å². The number of fused-ring (bicyclic) bond motifs is 5. The van der Waals surface area contributed by atoms with Crippen molar-refractivity contribution in [3.8, 4) is 23.0 Å². The number of hydrogen-bond donors (Lipinski definition) is 2. The van der Waals surface area contributed by atoms with Gasteiger partial charge in [0.1, 0.15) is 29.1 Å². The van der Waals surface area contributed by atoms with Crippen molar-refractivity contribution in [3.05, 3.63) is 69.8 Å². The van der Waals surface area contributed by atoms with Gasteiger partial charge >= 0.3 is 0 Å². The second kappa shape index (κ2) is 7.51. The van der Waals surface area contributed by atoms with E-state index < -0.39 is 0 Å². The Morgan fingerprint density at radius 1 is 0.966 bits per heavy atom. The molecule has 0 spiro atoms. The molecule has 0 amide bonds. The first kappa shape index (κ1) is 19.4. The van der Waals surface area contributed by atoms with Gasteiger partial charge in [0.25, 0.3) is 0 Å². The van der Waals surface area contributed by atoms with Crippen LogP contribution in [0.1, 0.15) is 62.0 Å². The lowest BCUT2D eigenvalue weighted by Crippen LogP contribution is -2.24. The van der Waals surface area contributed by atoms with Gasteiger partial charge in [0, 0.05) is 22.8 Å². The van der Waals surface area contributed by atoms with Crippen LogP contribution in [0.2, 0.25) is 0 Å². The van der Waals surface area contributed by atoms with Crippen LogP contribution in [0.5, 0.6) is 23.0 Å². The third-order valence-electron chi connectivity index (χ3n) is 5.65. The SMILES string of the molecule is CC(C)=CCc1cc2c(cc1O)O[C@H]1c3ccc(O)c(CC=C(C)C)c3OC[C@@H]21. The van der Waals surface area contributed by atoms with Gasteiger partial charge in [-0.2, -0.15) is 0 Å². The monoisotopic (exact) mass is 392 g/mol. The summed E-state index contributed by atoms with van der Waals surface area (Å²) in [6.45, 7) is 8.68. The maximum absolute atomic E-state index is 10.4.